The van der Waals surface area contributed by atoms with Crippen LogP contribution in [0, 0.1) is 11.8 Å². The van der Waals surface area contributed by atoms with E-state index in [4.69, 9.17) is 14.2 Å². The van der Waals surface area contributed by atoms with E-state index in [9.17, 15) is 0 Å². The highest BCUT2D eigenvalue weighted by Gasteiger charge is 2.21. The molecule has 0 amide bonds. The van der Waals surface area contributed by atoms with Crippen molar-refractivity contribution in [2.75, 3.05) is 39.6 Å². The Morgan fingerprint density at radius 1 is 0.706 bits per heavy atom. The van der Waals surface area contributed by atoms with Gasteiger partial charge in [-0.3, -0.25) is 0 Å². The minimum Gasteiger partial charge on any atom is -0.381 e. The lowest BCUT2D eigenvalue weighted by molar-refractivity contribution is 0.0220. The van der Waals surface area contributed by atoms with Crippen molar-refractivity contribution >= 4 is 0 Å². The SMILES string of the molecule is CCOCCOCC1CCC(COCC)CC1. The first-order valence-corrected chi connectivity index (χ1v) is 7.10. The van der Waals surface area contributed by atoms with Crippen molar-refractivity contribution in [3.05, 3.63) is 0 Å². The second-order valence-corrected chi connectivity index (χ2v) is 4.82. The molecule has 1 saturated carbocycles. The highest BCUT2D eigenvalue weighted by Crippen LogP contribution is 2.29. The van der Waals surface area contributed by atoms with Crippen LogP contribution in [0.2, 0.25) is 0 Å². The van der Waals surface area contributed by atoms with Crippen LogP contribution in [0.25, 0.3) is 0 Å². The molecule has 1 aliphatic rings. The fraction of sp³-hybridized carbons (Fsp3) is 1.00. The summed E-state index contributed by atoms with van der Waals surface area (Å²) < 4.78 is 16.4. The van der Waals surface area contributed by atoms with Crippen LogP contribution < -0.4 is 0 Å². The molecule has 1 aliphatic carbocycles. The first-order valence-electron chi connectivity index (χ1n) is 7.10. The summed E-state index contributed by atoms with van der Waals surface area (Å²) in [5.41, 5.74) is 0. The van der Waals surface area contributed by atoms with Gasteiger partial charge >= 0.3 is 0 Å². The zero-order chi connectivity index (χ0) is 12.3. The smallest absolute Gasteiger partial charge is 0.0700 e. The molecule has 0 heterocycles. The van der Waals surface area contributed by atoms with Crippen molar-refractivity contribution in [1.82, 2.24) is 0 Å². The molecule has 0 aromatic heterocycles. The first-order chi connectivity index (χ1) is 8.36. The van der Waals surface area contributed by atoms with E-state index in [0.29, 0.717) is 0 Å². The maximum atomic E-state index is 5.64. The third kappa shape index (κ3) is 7.02. The second-order valence-electron chi connectivity index (χ2n) is 4.82. The lowest BCUT2D eigenvalue weighted by Crippen LogP contribution is -2.22. The predicted octanol–water partition coefficient (Wildman–Crippen LogP) is 2.88. The molecular formula is C14H28O3. The molecular weight excluding hydrogens is 216 g/mol. The summed E-state index contributed by atoms with van der Waals surface area (Å²) >= 11 is 0. The van der Waals surface area contributed by atoms with Gasteiger partial charge < -0.3 is 14.2 Å². The van der Waals surface area contributed by atoms with Crippen LogP contribution in [0.3, 0.4) is 0 Å². The first kappa shape index (κ1) is 14.9. The molecule has 0 spiro atoms. The standard InChI is InChI=1S/C14H28O3/c1-3-15-9-10-17-12-14-7-5-13(6-8-14)11-16-4-2/h13-14H,3-12H2,1-2H3. The van der Waals surface area contributed by atoms with Crippen molar-refractivity contribution in [2.45, 2.75) is 39.5 Å². The Morgan fingerprint density at radius 2 is 1.18 bits per heavy atom. The van der Waals surface area contributed by atoms with E-state index >= 15 is 0 Å². The Morgan fingerprint density at radius 3 is 1.71 bits per heavy atom. The van der Waals surface area contributed by atoms with Crippen molar-refractivity contribution in [3.63, 3.8) is 0 Å². The zero-order valence-corrected chi connectivity index (χ0v) is 11.5. The third-order valence-corrected chi connectivity index (χ3v) is 3.45. The molecule has 0 atom stereocenters. The summed E-state index contributed by atoms with van der Waals surface area (Å²) in [4.78, 5) is 0. The van der Waals surface area contributed by atoms with E-state index in [1.54, 1.807) is 0 Å². The lowest BCUT2D eigenvalue weighted by atomic mass is 9.83. The Labute approximate surface area is 106 Å². The van der Waals surface area contributed by atoms with Crippen LogP contribution in [0.4, 0.5) is 0 Å². The Balaban J connectivity index is 1.95. The molecule has 0 bridgehead atoms. The second kappa shape index (κ2) is 9.86. The Bertz CT molecular complexity index is 162. The molecule has 0 aromatic carbocycles. The Kier molecular flexibility index (Phi) is 8.67. The van der Waals surface area contributed by atoms with Gasteiger partial charge in [0.1, 0.15) is 0 Å². The number of rotatable bonds is 9. The fourth-order valence-corrected chi connectivity index (χ4v) is 2.36. The normalized spacial score (nSPS) is 25.1. The average molecular weight is 244 g/mol. The molecule has 0 aliphatic heterocycles. The number of hydrogen-bond acceptors (Lipinski definition) is 3. The fourth-order valence-electron chi connectivity index (χ4n) is 2.36. The van der Waals surface area contributed by atoms with Crippen molar-refractivity contribution in [2.24, 2.45) is 11.8 Å². The topological polar surface area (TPSA) is 27.7 Å². The summed E-state index contributed by atoms with van der Waals surface area (Å²) in [7, 11) is 0. The predicted molar refractivity (Wildman–Crippen MR) is 69.3 cm³/mol. The van der Waals surface area contributed by atoms with Gasteiger partial charge in [0.15, 0.2) is 0 Å². The van der Waals surface area contributed by atoms with E-state index in [1.807, 2.05) is 6.92 Å². The Hall–Kier alpha value is -0.120. The molecule has 0 N–H and O–H groups in total. The van der Waals surface area contributed by atoms with Crippen LogP contribution in [-0.2, 0) is 14.2 Å². The largest absolute Gasteiger partial charge is 0.381 e. The molecule has 3 nitrogen and oxygen atoms in total. The molecule has 0 unspecified atom stereocenters. The van der Waals surface area contributed by atoms with Crippen LogP contribution in [0.15, 0.2) is 0 Å². The van der Waals surface area contributed by atoms with Gasteiger partial charge in [0.2, 0.25) is 0 Å². The van der Waals surface area contributed by atoms with E-state index in [0.717, 1.165) is 51.5 Å². The van der Waals surface area contributed by atoms with E-state index < -0.39 is 0 Å². The maximum absolute atomic E-state index is 5.64. The highest BCUT2D eigenvalue weighted by atomic mass is 16.5. The van der Waals surface area contributed by atoms with Crippen LogP contribution in [0.1, 0.15) is 39.5 Å². The summed E-state index contributed by atoms with van der Waals surface area (Å²) in [6, 6.07) is 0. The molecule has 0 saturated heterocycles. The maximum Gasteiger partial charge on any atom is 0.0700 e. The van der Waals surface area contributed by atoms with Crippen molar-refractivity contribution < 1.29 is 14.2 Å². The summed E-state index contributed by atoms with van der Waals surface area (Å²) in [5.74, 6) is 1.55. The zero-order valence-electron chi connectivity index (χ0n) is 11.5. The summed E-state index contributed by atoms with van der Waals surface area (Å²) in [5, 5.41) is 0. The summed E-state index contributed by atoms with van der Waals surface area (Å²) in [6.45, 7) is 9.05. The molecule has 1 fully saturated rings. The number of ether oxygens (including phenoxy) is 3. The minimum absolute atomic E-state index is 0.732. The quantitative estimate of drug-likeness (QED) is 0.584. The van der Waals surface area contributed by atoms with Gasteiger partial charge in [-0.1, -0.05) is 0 Å². The molecule has 1 rings (SSSR count). The molecule has 17 heavy (non-hydrogen) atoms. The molecule has 102 valence electrons. The van der Waals surface area contributed by atoms with Gasteiger partial charge in [0.25, 0.3) is 0 Å². The minimum atomic E-state index is 0.732. The molecule has 3 heteroatoms. The van der Waals surface area contributed by atoms with Crippen molar-refractivity contribution in [3.8, 4) is 0 Å². The van der Waals surface area contributed by atoms with Crippen LogP contribution in [-0.4, -0.2) is 39.6 Å². The highest BCUT2D eigenvalue weighted by molar-refractivity contribution is 4.72. The van der Waals surface area contributed by atoms with Gasteiger partial charge in [-0.15, -0.1) is 0 Å². The monoisotopic (exact) mass is 244 g/mol. The summed E-state index contributed by atoms with van der Waals surface area (Å²) in [6.07, 6.45) is 5.21. The van der Waals surface area contributed by atoms with Gasteiger partial charge in [-0.2, -0.15) is 0 Å². The van der Waals surface area contributed by atoms with E-state index in [-0.39, 0.29) is 0 Å². The van der Waals surface area contributed by atoms with E-state index in [2.05, 4.69) is 6.92 Å². The van der Waals surface area contributed by atoms with Gasteiger partial charge in [-0.25, -0.2) is 0 Å². The van der Waals surface area contributed by atoms with Crippen molar-refractivity contribution in [1.29, 1.82) is 0 Å². The van der Waals surface area contributed by atoms with E-state index in [1.165, 1.54) is 25.7 Å². The number of hydrogen-bond donors (Lipinski definition) is 0. The molecule has 0 aromatic rings. The van der Waals surface area contributed by atoms with Crippen LogP contribution >= 0.6 is 0 Å². The van der Waals surface area contributed by atoms with Gasteiger partial charge in [0, 0.05) is 26.4 Å². The van der Waals surface area contributed by atoms with Gasteiger partial charge in [0.05, 0.1) is 13.2 Å². The third-order valence-electron chi connectivity index (χ3n) is 3.45. The molecule has 0 radical (unpaired) electrons. The van der Waals surface area contributed by atoms with Gasteiger partial charge in [-0.05, 0) is 51.4 Å². The average Bonchev–Trinajstić information content (AvgIpc) is 2.37. The van der Waals surface area contributed by atoms with Crippen LogP contribution in [0.5, 0.6) is 0 Å². The lowest BCUT2D eigenvalue weighted by Gasteiger charge is -2.28.